The fourth-order valence-corrected chi connectivity index (χ4v) is 2.53. The van der Waals surface area contributed by atoms with Crippen molar-refractivity contribution in [1.29, 1.82) is 0 Å². The third-order valence-electron chi connectivity index (χ3n) is 3.25. The summed E-state index contributed by atoms with van der Waals surface area (Å²) in [4.78, 5) is 24.3. The van der Waals surface area contributed by atoms with Crippen molar-refractivity contribution in [2.24, 2.45) is 0 Å². The Morgan fingerprint density at radius 1 is 1.36 bits per heavy atom. The lowest BCUT2D eigenvalue weighted by molar-refractivity contribution is -0.383. The molecule has 0 amide bonds. The molecule has 0 aromatic carbocycles. The summed E-state index contributed by atoms with van der Waals surface area (Å²) in [6.45, 7) is 7.77. The van der Waals surface area contributed by atoms with Crippen LogP contribution in [0.25, 0.3) is 0 Å². The van der Waals surface area contributed by atoms with Crippen molar-refractivity contribution in [1.82, 2.24) is 15.0 Å². The van der Waals surface area contributed by atoms with Crippen LogP contribution in [0.1, 0.15) is 30.8 Å². The molecule has 0 aliphatic rings. The van der Waals surface area contributed by atoms with Crippen molar-refractivity contribution in [3.63, 3.8) is 0 Å². The number of nitrogens with one attached hydrogen (secondary N) is 2. The van der Waals surface area contributed by atoms with E-state index in [0.717, 1.165) is 17.0 Å². The maximum absolute atomic E-state index is 11.4. The average Bonchev–Trinajstić information content (AvgIpc) is 2.76. The van der Waals surface area contributed by atoms with Crippen LogP contribution in [0.3, 0.4) is 0 Å². The van der Waals surface area contributed by atoms with Crippen LogP contribution in [0.2, 0.25) is 0 Å². The largest absolute Gasteiger partial charge is 0.362 e. The molecule has 22 heavy (non-hydrogen) atoms. The van der Waals surface area contributed by atoms with Gasteiger partial charge in [0.15, 0.2) is 5.13 Å². The highest BCUT2D eigenvalue weighted by atomic mass is 32.1. The molecule has 8 nitrogen and oxygen atoms in total. The summed E-state index contributed by atoms with van der Waals surface area (Å²) in [6.07, 6.45) is 2.13. The van der Waals surface area contributed by atoms with Crippen molar-refractivity contribution >= 4 is 33.8 Å². The van der Waals surface area contributed by atoms with Gasteiger partial charge in [-0.3, -0.25) is 10.1 Å². The molecule has 9 heteroatoms. The number of hydrogen-bond donors (Lipinski definition) is 2. The minimum atomic E-state index is -0.486. The van der Waals surface area contributed by atoms with Crippen molar-refractivity contribution < 1.29 is 4.92 Å². The number of rotatable bonds is 6. The van der Waals surface area contributed by atoms with Crippen molar-refractivity contribution in [3.05, 3.63) is 27.0 Å². The first-order valence-corrected chi connectivity index (χ1v) is 7.71. The second-order valence-electron chi connectivity index (χ2n) is 4.92. The molecule has 1 atom stereocenters. The van der Waals surface area contributed by atoms with Gasteiger partial charge in [0.1, 0.15) is 6.33 Å². The van der Waals surface area contributed by atoms with Crippen LogP contribution in [0.15, 0.2) is 6.33 Å². The molecule has 2 N–H and O–H groups in total. The van der Waals surface area contributed by atoms with Gasteiger partial charge in [-0.05, 0) is 27.2 Å². The third kappa shape index (κ3) is 3.48. The van der Waals surface area contributed by atoms with Crippen molar-refractivity contribution in [2.45, 2.75) is 40.2 Å². The molecule has 0 spiro atoms. The van der Waals surface area contributed by atoms with E-state index in [2.05, 4.69) is 25.6 Å². The highest BCUT2D eigenvalue weighted by Gasteiger charge is 2.24. The lowest BCUT2D eigenvalue weighted by Crippen LogP contribution is -2.16. The molecular weight excluding hydrogens is 304 g/mol. The minimum absolute atomic E-state index is 0.0748. The van der Waals surface area contributed by atoms with E-state index in [1.54, 1.807) is 0 Å². The molecule has 2 aromatic heterocycles. The number of nitrogens with zero attached hydrogens (tertiary/aromatic N) is 4. The number of nitro groups is 1. The molecule has 2 aromatic rings. The monoisotopic (exact) mass is 322 g/mol. The zero-order valence-electron chi connectivity index (χ0n) is 12.9. The van der Waals surface area contributed by atoms with Crippen molar-refractivity contribution in [2.75, 3.05) is 10.6 Å². The van der Waals surface area contributed by atoms with Crippen LogP contribution >= 0.6 is 11.3 Å². The zero-order chi connectivity index (χ0) is 16.3. The summed E-state index contributed by atoms with van der Waals surface area (Å²) < 4.78 is 0. The van der Waals surface area contributed by atoms with E-state index in [1.165, 1.54) is 17.7 Å². The molecule has 2 rings (SSSR count). The Balaban J connectivity index is 2.38. The summed E-state index contributed by atoms with van der Waals surface area (Å²) in [5, 5.41) is 17.9. The second-order valence-corrected chi connectivity index (χ2v) is 6.12. The van der Waals surface area contributed by atoms with Gasteiger partial charge in [-0.15, -0.1) is 11.3 Å². The predicted octanol–water partition coefficient (Wildman–Crippen LogP) is 3.41. The summed E-state index contributed by atoms with van der Waals surface area (Å²) >= 11 is 1.43. The Morgan fingerprint density at radius 3 is 2.59 bits per heavy atom. The van der Waals surface area contributed by atoms with E-state index < -0.39 is 4.92 Å². The molecule has 0 saturated heterocycles. The Hall–Kier alpha value is -2.29. The van der Waals surface area contributed by atoms with E-state index in [1.807, 2.05) is 27.7 Å². The van der Waals surface area contributed by atoms with E-state index in [9.17, 15) is 10.1 Å². The van der Waals surface area contributed by atoms with E-state index in [0.29, 0.717) is 5.13 Å². The first kappa shape index (κ1) is 16.1. The number of aryl methyl sites for hydroxylation is 2. The lowest BCUT2D eigenvalue weighted by Gasteiger charge is -2.13. The molecule has 118 valence electrons. The Bertz CT molecular complexity index is 668. The molecule has 0 saturated carbocycles. The number of aromatic nitrogens is 3. The quantitative estimate of drug-likeness (QED) is 0.620. The van der Waals surface area contributed by atoms with Gasteiger partial charge in [-0.25, -0.2) is 15.0 Å². The fraction of sp³-hybridized carbons (Fsp3) is 0.462. The van der Waals surface area contributed by atoms with Crippen LogP contribution < -0.4 is 10.6 Å². The van der Waals surface area contributed by atoms with Gasteiger partial charge in [0.25, 0.3) is 0 Å². The van der Waals surface area contributed by atoms with E-state index in [-0.39, 0.29) is 23.4 Å². The molecular formula is C13H18N6O2S. The first-order chi connectivity index (χ1) is 10.4. The number of anilines is 3. The molecule has 0 aliphatic carbocycles. The highest BCUT2D eigenvalue weighted by molar-refractivity contribution is 7.15. The Labute approximate surface area is 132 Å². The van der Waals surface area contributed by atoms with Gasteiger partial charge < -0.3 is 10.6 Å². The smallest absolute Gasteiger partial charge is 0.353 e. The average molecular weight is 322 g/mol. The van der Waals surface area contributed by atoms with Crippen LogP contribution in [0.4, 0.5) is 22.5 Å². The zero-order valence-corrected chi connectivity index (χ0v) is 13.7. The molecule has 0 radical (unpaired) electrons. The lowest BCUT2D eigenvalue weighted by atomic mass is 10.2. The molecule has 2 heterocycles. The summed E-state index contributed by atoms with van der Waals surface area (Å²) in [5.74, 6) is 0.349. The van der Waals surface area contributed by atoms with Gasteiger partial charge in [0.2, 0.25) is 11.6 Å². The van der Waals surface area contributed by atoms with Crippen LogP contribution in [0.5, 0.6) is 0 Å². The highest BCUT2D eigenvalue weighted by Crippen LogP contribution is 2.33. The SMILES string of the molecule is CCC(C)Nc1ncnc(Nc2nc(C)c(C)s2)c1[N+](=O)[O-]. The van der Waals surface area contributed by atoms with Crippen LogP contribution in [-0.4, -0.2) is 25.9 Å². The Kier molecular flexibility index (Phi) is 4.86. The third-order valence-corrected chi connectivity index (χ3v) is 4.24. The van der Waals surface area contributed by atoms with Gasteiger partial charge in [-0.1, -0.05) is 6.92 Å². The topological polar surface area (TPSA) is 106 Å². The van der Waals surface area contributed by atoms with E-state index >= 15 is 0 Å². The maximum Gasteiger partial charge on any atom is 0.353 e. The normalized spacial score (nSPS) is 12.0. The first-order valence-electron chi connectivity index (χ1n) is 6.89. The summed E-state index contributed by atoms with van der Waals surface area (Å²) in [7, 11) is 0. The maximum atomic E-state index is 11.4. The summed E-state index contributed by atoms with van der Waals surface area (Å²) in [6, 6.07) is 0.0748. The van der Waals surface area contributed by atoms with Crippen LogP contribution in [0, 0.1) is 24.0 Å². The van der Waals surface area contributed by atoms with E-state index in [4.69, 9.17) is 0 Å². The molecule has 0 bridgehead atoms. The Morgan fingerprint density at radius 2 is 2.05 bits per heavy atom. The minimum Gasteiger partial charge on any atom is -0.362 e. The molecule has 1 unspecified atom stereocenters. The van der Waals surface area contributed by atoms with Gasteiger partial charge in [0, 0.05) is 10.9 Å². The van der Waals surface area contributed by atoms with Crippen LogP contribution in [-0.2, 0) is 0 Å². The second kappa shape index (κ2) is 6.65. The van der Waals surface area contributed by atoms with Gasteiger partial charge >= 0.3 is 5.69 Å². The number of thiazole rings is 1. The molecule has 0 aliphatic heterocycles. The predicted molar refractivity (Wildman–Crippen MR) is 86.9 cm³/mol. The fourth-order valence-electron chi connectivity index (χ4n) is 1.71. The summed E-state index contributed by atoms with van der Waals surface area (Å²) in [5.41, 5.74) is 0.718. The van der Waals surface area contributed by atoms with Gasteiger partial charge in [0.05, 0.1) is 10.6 Å². The number of hydrogen-bond acceptors (Lipinski definition) is 8. The standard InChI is InChI=1S/C13H18N6O2S/c1-5-7(2)16-11-10(19(20)21)12(15-6-14-11)18-13-17-8(3)9(4)22-13/h6-7H,5H2,1-4H3,(H2,14,15,16,17,18). The van der Waals surface area contributed by atoms with Crippen molar-refractivity contribution in [3.8, 4) is 0 Å². The molecule has 0 fully saturated rings. The van der Waals surface area contributed by atoms with Gasteiger partial charge in [-0.2, -0.15) is 0 Å².